The van der Waals surface area contributed by atoms with E-state index < -0.39 is 18.3 Å². The Labute approximate surface area is 69.1 Å². The third-order valence-corrected chi connectivity index (χ3v) is 5.12. The molecule has 1 nitrogen and oxygen atoms in total. The maximum atomic E-state index is 5.37. The zero-order valence-electron chi connectivity index (χ0n) is 6.77. The summed E-state index contributed by atoms with van der Waals surface area (Å²) >= 11 is -1.23. The van der Waals surface area contributed by atoms with Gasteiger partial charge in [-0.3, -0.25) is 0 Å². The van der Waals surface area contributed by atoms with Crippen molar-refractivity contribution < 1.29 is 21.6 Å². The molecule has 0 N–H and O–H groups in total. The molecule has 0 atom stereocenters. The van der Waals surface area contributed by atoms with Crippen LogP contribution in [0.2, 0.25) is 5.23 Å². The fourth-order valence-corrected chi connectivity index (χ4v) is 3.17. The molecule has 1 aliphatic carbocycles. The van der Waals surface area contributed by atoms with Crippen LogP contribution in [0.3, 0.4) is 0 Å². The third-order valence-electron chi connectivity index (χ3n) is 1.90. The minimum atomic E-state index is -1.23. The second-order valence-corrected chi connectivity index (χ2v) is 5.85. The van der Waals surface area contributed by atoms with E-state index in [1.54, 1.807) is 3.88 Å². The summed E-state index contributed by atoms with van der Waals surface area (Å²) in [6, 6.07) is 0. The number of hydrogen-bond donors (Lipinski definition) is 0. The molecule has 0 aromatic carbocycles. The van der Waals surface area contributed by atoms with Gasteiger partial charge in [-0.2, -0.15) is 0 Å². The average molecular weight is 173 g/mol. The van der Waals surface area contributed by atoms with E-state index in [9.17, 15) is 0 Å². The van der Waals surface area contributed by atoms with Crippen molar-refractivity contribution in [3.8, 4) is 0 Å². The fourth-order valence-electron chi connectivity index (χ4n) is 1.16. The van der Waals surface area contributed by atoms with Gasteiger partial charge in [-0.05, 0) is 0 Å². The normalized spacial score (nSPS) is 16.7. The summed E-state index contributed by atoms with van der Waals surface area (Å²) in [6.45, 7) is 2.17. The van der Waals surface area contributed by atoms with Crippen molar-refractivity contribution in [3.63, 3.8) is 0 Å². The molecule has 0 aromatic heterocycles. The predicted octanol–water partition coefficient (Wildman–Crippen LogP) is 2.45. The minimum absolute atomic E-state index is 1.14. The zero-order valence-corrected chi connectivity index (χ0v) is 8.33. The van der Waals surface area contributed by atoms with Gasteiger partial charge < -0.3 is 0 Å². The summed E-state index contributed by atoms with van der Waals surface area (Å²) in [7, 11) is 1.83. The summed E-state index contributed by atoms with van der Waals surface area (Å²) in [5.74, 6) is 0. The van der Waals surface area contributed by atoms with Crippen LogP contribution in [-0.4, -0.2) is 7.11 Å². The monoisotopic (exact) mass is 173 g/mol. The predicted molar refractivity (Wildman–Crippen MR) is 39.3 cm³/mol. The first-order valence-electron chi connectivity index (χ1n) is 3.50. The molecule has 10 heavy (non-hydrogen) atoms. The van der Waals surface area contributed by atoms with Gasteiger partial charge in [0.2, 0.25) is 0 Å². The summed E-state index contributed by atoms with van der Waals surface area (Å²) in [5.41, 5.74) is 1.44. The Morgan fingerprint density at radius 2 is 2.30 bits per heavy atom. The van der Waals surface area contributed by atoms with Gasteiger partial charge in [0.1, 0.15) is 0 Å². The van der Waals surface area contributed by atoms with Crippen LogP contribution in [0, 0.1) is 0 Å². The molecule has 0 amide bonds. The number of hydrogen-bond acceptors (Lipinski definition) is 1. The molecule has 2 heteroatoms. The molecular weight excluding hydrogens is 160 g/mol. The zero-order chi connectivity index (χ0) is 7.56. The second kappa shape index (κ2) is 3.52. The average Bonchev–Trinajstić information content (AvgIpc) is 2.34. The van der Waals surface area contributed by atoms with Crippen molar-refractivity contribution >= 4 is 0 Å². The molecule has 0 spiro atoms. The molecular formula is C8H13OTi. The Kier molecular flexibility index (Phi) is 2.90. The molecule has 0 unspecified atom stereocenters. The van der Waals surface area contributed by atoms with Crippen molar-refractivity contribution in [1.29, 1.82) is 0 Å². The van der Waals surface area contributed by atoms with Crippen molar-refractivity contribution in [3.05, 3.63) is 21.6 Å². The van der Waals surface area contributed by atoms with Gasteiger partial charge in [0, 0.05) is 0 Å². The van der Waals surface area contributed by atoms with Crippen molar-refractivity contribution in [2.24, 2.45) is 0 Å². The molecule has 1 aliphatic rings. The van der Waals surface area contributed by atoms with E-state index in [-0.39, 0.29) is 0 Å². The summed E-state index contributed by atoms with van der Waals surface area (Å²) in [4.78, 5) is 0. The molecule has 55 valence electrons. The Morgan fingerprint density at radius 1 is 1.60 bits per heavy atom. The van der Waals surface area contributed by atoms with Crippen LogP contribution in [0.15, 0.2) is 21.6 Å². The Hall–Kier alpha value is 0.154. The van der Waals surface area contributed by atoms with Gasteiger partial charge in [-0.25, -0.2) is 0 Å². The van der Waals surface area contributed by atoms with Gasteiger partial charge in [0.05, 0.1) is 0 Å². The fraction of sp³-hybridized carbons (Fsp3) is 0.500. The molecule has 0 saturated carbocycles. The first-order chi connectivity index (χ1) is 4.75. The van der Waals surface area contributed by atoms with E-state index in [0.717, 1.165) is 6.42 Å². The SMILES string of the molecule is C[O][Ti]([CH3])[C]1=C(C)C=CC1. The molecule has 0 bridgehead atoms. The Morgan fingerprint density at radius 3 is 2.70 bits per heavy atom. The van der Waals surface area contributed by atoms with Crippen LogP contribution in [-0.2, 0) is 21.6 Å². The van der Waals surface area contributed by atoms with E-state index in [4.69, 9.17) is 3.32 Å². The van der Waals surface area contributed by atoms with Crippen LogP contribution >= 0.6 is 0 Å². The van der Waals surface area contributed by atoms with Crippen LogP contribution in [0.1, 0.15) is 13.3 Å². The molecule has 0 aromatic rings. The maximum absolute atomic E-state index is 5.37. The van der Waals surface area contributed by atoms with Crippen LogP contribution in [0.25, 0.3) is 0 Å². The van der Waals surface area contributed by atoms with E-state index in [1.807, 2.05) is 7.11 Å². The summed E-state index contributed by atoms with van der Waals surface area (Å²) in [6.07, 6.45) is 5.57. The summed E-state index contributed by atoms with van der Waals surface area (Å²) < 4.78 is 6.96. The van der Waals surface area contributed by atoms with Gasteiger partial charge >= 0.3 is 68.9 Å². The topological polar surface area (TPSA) is 9.23 Å². The van der Waals surface area contributed by atoms with Crippen LogP contribution in [0.4, 0.5) is 0 Å². The van der Waals surface area contributed by atoms with E-state index >= 15 is 0 Å². The Bertz CT molecular complexity index is 182. The van der Waals surface area contributed by atoms with Gasteiger partial charge in [0.15, 0.2) is 0 Å². The van der Waals surface area contributed by atoms with E-state index in [1.165, 1.54) is 5.57 Å². The number of allylic oxidation sites excluding steroid dienone is 4. The molecule has 0 saturated heterocycles. The standard InChI is InChI=1S/C6H7.CH3O.CH3.Ti/c1-6-4-2-3-5-6;1-2;;/h2,4H,3H2,1H3;1H3;1H3;/q;-1;;+1. The van der Waals surface area contributed by atoms with Gasteiger partial charge in [-0.15, -0.1) is 0 Å². The van der Waals surface area contributed by atoms with Crippen LogP contribution in [0.5, 0.6) is 0 Å². The van der Waals surface area contributed by atoms with Crippen molar-refractivity contribution in [1.82, 2.24) is 0 Å². The number of rotatable bonds is 2. The molecule has 0 heterocycles. The van der Waals surface area contributed by atoms with Crippen molar-refractivity contribution in [2.75, 3.05) is 7.11 Å². The molecule has 0 aliphatic heterocycles. The van der Waals surface area contributed by atoms with E-state index in [0.29, 0.717) is 0 Å². The van der Waals surface area contributed by atoms with Crippen molar-refractivity contribution in [2.45, 2.75) is 18.6 Å². The molecule has 0 radical (unpaired) electrons. The Balaban J connectivity index is 2.66. The van der Waals surface area contributed by atoms with Gasteiger partial charge in [0.25, 0.3) is 0 Å². The molecule has 1 rings (SSSR count). The first-order valence-corrected chi connectivity index (χ1v) is 6.48. The molecule has 0 fully saturated rings. The van der Waals surface area contributed by atoms with E-state index in [2.05, 4.69) is 24.3 Å². The summed E-state index contributed by atoms with van der Waals surface area (Å²) in [5, 5.41) is 2.26. The van der Waals surface area contributed by atoms with Crippen LogP contribution < -0.4 is 0 Å². The first kappa shape index (κ1) is 8.25. The second-order valence-electron chi connectivity index (χ2n) is 2.53. The van der Waals surface area contributed by atoms with Gasteiger partial charge in [-0.1, -0.05) is 0 Å². The third kappa shape index (κ3) is 1.60. The quantitative estimate of drug-likeness (QED) is 0.582.